The van der Waals surface area contributed by atoms with Crippen LogP contribution < -0.4 is 11.1 Å². The summed E-state index contributed by atoms with van der Waals surface area (Å²) in [6.07, 6.45) is 1.51. The number of carbonyl (C=O) groups is 2. The topological polar surface area (TPSA) is 107 Å². The quantitative estimate of drug-likeness (QED) is 0.794. The van der Waals surface area contributed by atoms with Crippen molar-refractivity contribution in [2.24, 2.45) is 0 Å². The van der Waals surface area contributed by atoms with Gasteiger partial charge in [0.1, 0.15) is 5.92 Å². The molecule has 3 rings (SSSR count). The Morgan fingerprint density at radius 2 is 2.19 bits per heavy atom. The highest BCUT2D eigenvalue weighted by Crippen LogP contribution is 2.37. The molecule has 21 heavy (non-hydrogen) atoms. The summed E-state index contributed by atoms with van der Waals surface area (Å²) in [6, 6.07) is 6.55. The first-order valence-electron chi connectivity index (χ1n) is 6.21. The second kappa shape index (κ2) is 4.86. The average Bonchev–Trinajstić information content (AvgIpc) is 2.81. The lowest BCUT2D eigenvalue weighted by Gasteiger charge is -2.08. The van der Waals surface area contributed by atoms with Crippen LogP contribution in [0, 0.1) is 0 Å². The summed E-state index contributed by atoms with van der Waals surface area (Å²) in [4.78, 5) is 31.6. The number of nitrogen functional groups attached to an aromatic ring is 1. The van der Waals surface area contributed by atoms with E-state index in [1.54, 1.807) is 24.3 Å². The van der Waals surface area contributed by atoms with E-state index in [4.69, 9.17) is 5.73 Å². The van der Waals surface area contributed by atoms with Crippen LogP contribution in [0.15, 0.2) is 30.5 Å². The predicted octanol–water partition coefficient (Wildman–Crippen LogP) is 0.929. The van der Waals surface area contributed by atoms with Crippen LogP contribution in [0.2, 0.25) is 0 Å². The number of carbonyl (C=O) groups excluding carboxylic acids is 2. The van der Waals surface area contributed by atoms with E-state index in [-0.39, 0.29) is 11.9 Å². The normalized spacial score (nSPS) is 16.2. The van der Waals surface area contributed by atoms with Crippen LogP contribution in [-0.4, -0.2) is 29.0 Å². The number of rotatable bonds is 2. The molecular weight excluding hydrogens is 272 g/mol. The molecule has 2 heterocycles. The summed E-state index contributed by atoms with van der Waals surface area (Å²) < 4.78 is 4.66. The van der Waals surface area contributed by atoms with Gasteiger partial charge in [0.15, 0.2) is 0 Å². The third kappa shape index (κ3) is 2.18. The van der Waals surface area contributed by atoms with Crippen LogP contribution in [0.5, 0.6) is 0 Å². The highest BCUT2D eigenvalue weighted by atomic mass is 16.5. The summed E-state index contributed by atoms with van der Waals surface area (Å²) in [5.74, 6) is -1.12. The van der Waals surface area contributed by atoms with E-state index in [1.807, 2.05) is 0 Å². The molecule has 7 heteroatoms. The molecule has 0 radical (unpaired) electrons. The zero-order chi connectivity index (χ0) is 15.0. The smallest absolute Gasteiger partial charge is 0.337 e. The van der Waals surface area contributed by atoms with Gasteiger partial charge in [-0.2, -0.15) is 0 Å². The summed E-state index contributed by atoms with van der Waals surface area (Å²) >= 11 is 0. The molecule has 0 saturated carbocycles. The van der Waals surface area contributed by atoms with Crippen LogP contribution in [0.25, 0.3) is 0 Å². The van der Waals surface area contributed by atoms with Crippen molar-refractivity contribution in [3.8, 4) is 0 Å². The molecule has 1 aromatic heterocycles. The van der Waals surface area contributed by atoms with Gasteiger partial charge in [-0.3, -0.25) is 4.79 Å². The Labute approximate surface area is 120 Å². The number of hydrogen-bond acceptors (Lipinski definition) is 6. The molecule has 1 aromatic carbocycles. The number of ether oxygens (including phenoxy) is 1. The molecule has 0 saturated heterocycles. The first-order chi connectivity index (χ1) is 10.1. The molecule has 3 N–H and O–H groups in total. The van der Waals surface area contributed by atoms with E-state index in [0.29, 0.717) is 16.9 Å². The van der Waals surface area contributed by atoms with Gasteiger partial charge in [-0.25, -0.2) is 14.8 Å². The number of benzene rings is 1. The van der Waals surface area contributed by atoms with Crippen molar-refractivity contribution in [3.05, 3.63) is 47.3 Å². The molecule has 1 aliphatic heterocycles. The molecule has 106 valence electrons. The number of fused-ring (bicyclic) bond motifs is 1. The van der Waals surface area contributed by atoms with E-state index in [0.717, 1.165) is 5.56 Å². The summed E-state index contributed by atoms with van der Waals surface area (Å²) in [5.41, 5.74) is 7.77. The monoisotopic (exact) mass is 284 g/mol. The van der Waals surface area contributed by atoms with E-state index in [9.17, 15) is 9.59 Å². The minimum absolute atomic E-state index is 0.111. The Balaban J connectivity index is 2.04. The first-order valence-corrected chi connectivity index (χ1v) is 6.21. The Hall–Kier alpha value is -2.96. The van der Waals surface area contributed by atoms with Crippen LogP contribution in [0.4, 0.5) is 11.6 Å². The highest BCUT2D eigenvalue weighted by Gasteiger charge is 2.33. The number of nitrogens with zero attached hydrogens (tertiary/aromatic N) is 2. The predicted molar refractivity (Wildman–Crippen MR) is 74.7 cm³/mol. The van der Waals surface area contributed by atoms with Crippen molar-refractivity contribution in [1.29, 1.82) is 0 Å². The van der Waals surface area contributed by atoms with Gasteiger partial charge in [0.2, 0.25) is 11.9 Å². The van der Waals surface area contributed by atoms with Crippen molar-refractivity contribution in [2.75, 3.05) is 18.2 Å². The first kappa shape index (κ1) is 13.0. The molecule has 2 aromatic rings. The van der Waals surface area contributed by atoms with Crippen LogP contribution >= 0.6 is 0 Å². The maximum Gasteiger partial charge on any atom is 0.337 e. The van der Waals surface area contributed by atoms with Crippen LogP contribution in [0.1, 0.15) is 27.5 Å². The molecular formula is C14H12N4O3. The van der Waals surface area contributed by atoms with Crippen molar-refractivity contribution >= 4 is 23.5 Å². The van der Waals surface area contributed by atoms with Gasteiger partial charge in [0, 0.05) is 11.9 Å². The second-order valence-electron chi connectivity index (χ2n) is 4.56. The lowest BCUT2D eigenvalue weighted by molar-refractivity contribution is -0.116. The number of amides is 1. The molecule has 1 atom stereocenters. The second-order valence-corrected chi connectivity index (χ2v) is 4.56. The Bertz CT molecular complexity index is 745. The molecule has 1 amide bonds. The fraction of sp³-hybridized carbons (Fsp3) is 0.143. The average molecular weight is 284 g/mol. The lowest BCUT2D eigenvalue weighted by Crippen LogP contribution is -2.15. The molecule has 7 nitrogen and oxygen atoms in total. The zero-order valence-corrected chi connectivity index (χ0v) is 11.2. The summed E-state index contributed by atoms with van der Waals surface area (Å²) in [7, 11) is 1.31. The van der Waals surface area contributed by atoms with Gasteiger partial charge >= 0.3 is 5.97 Å². The number of nitrogens with one attached hydrogen (secondary N) is 1. The van der Waals surface area contributed by atoms with E-state index >= 15 is 0 Å². The maximum atomic E-state index is 12.2. The third-order valence-electron chi connectivity index (χ3n) is 3.30. The van der Waals surface area contributed by atoms with E-state index < -0.39 is 11.9 Å². The van der Waals surface area contributed by atoms with E-state index in [2.05, 4.69) is 20.0 Å². The fourth-order valence-corrected chi connectivity index (χ4v) is 2.35. The van der Waals surface area contributed by atoms with Crippen molar-refractivity contribution in [3.63, 3.8) is 0 Å². The molecule has 0 spiro atoms. The van der Waals surface area contributed by atoms with Crippen LogP contribution in [-0.2, 0) is 9.53 Å². The maximum absolute atomic E-state index is 12.2. The Morgan fingerprint density at radius 3 is 2.90 bits per heavy atom. The highest BCUT2D eigenvalue weighted by molar-refractivity contribution is 6.06. The summed E-state index contributed by atoms with van der Waals surface area (Å²) in [5, 5.41) is 2.74. The minimum atomic E-state index is -0.558. The summed E-state index contributed by atoms with van der Waals surface area (Å²) in [6.45, 7) is 0. The molecule has 0 bridgehead atoms. The molecule has 0 aliphatic carbocycles. The molecule has 0 fully saturated rings. The number of hydrogen-bond donors (Lipinski definition) is 2. The SMILES string of the molecule is COC(=O)c1ccc2c(c1)NC(=O)C2c1ccnc(N)n1. The third-order valence-corrected chi connectivity index (χ3v) is 3.30. The standard InChI is InChI=1S/C14H12N4O3/c1-21-13(20)7-2-3-8-10(6-7)17-12(19)11(8)9-4-5-16-14(15)18-9/h2-6,11H,1H3,(H,17,19)(H2,15,16,18). The largest absolute Gasteiger partial charge is 0.465 e. The van der Waals surface area contributed by atoms with Crippen molar-refractivity contribution in [1.82, 2.24) is 9.97 Å². The Morgan fingerprint density at radius 1 is 1.38 bits per heavy atom. The minimum Gasteiger partial charge on any atom is -0.465 e. The van der Waals surface area contributed by atoms with Crippen LogP contribution in [0.3, 0.4) is 0 Å². The zero-order valence-electron chi connectivity index (χ0n) is 11.2. The lowest BCUT2D eigenvalue weighted by atomic mass is 9.96. The molecule has 1 aliphatic rings. The number of esters is 1. The van der Waals surface area contributed by atoms with Gasteiger partial charge in [0.05, 0.1) is 18.4 Å². The van der Waals surface area contributed by atoms with Crippen molar-refractivity contribution in [2.45, 2.75) is 5.92 Å². The molecule has 1 unspecified atom stereocenters. The van der Waals surface area contributed by atoms with Crippen molar-refractivity contribution < 1.29 is 14.3 Å². The number of methoxy groups -OCH3 is 1. The number of nitrogens with two attached hydrogens (primary N) is 1. The van der Waals surface area contributed by atoms with Gasteiger partial charge in [-0.15, -0.1) is 0 Å². The Kier molecular flexibility index (Phi) is 3.02. The van der Waals surface area contributed by atoms with Gasteiger partial charge in [0.25, 0.3) is 0 Å². The number of anilines is 2. The number of aromatic nitrogens is 2. The van der Waals surface area contributed by atoms with Gasteiger partial charge < -0.3 is 15.8 Å². The van der Waals surface area contributed by atoms with E-state index in [1.165, 1.54) is 13.3 Å². The van der Waals surface area contributed by atoms with Gasteiger partial charge in [-0.1, -0.05) is 6.07 Å². The van der Waals surface area contributed by atoms with Gasteiger partial charge in [-0.05, 0) is 23.8 Å². The fourth-order valence-electron chi connectivity index (χ4n) is 2.35.